The molecule has 0 bridgehead atoms. The maximum Gasteiger partial charge on any atom is 0.256 e. The van der Waals surface area contributed by atoms with E-state index in [1.807, 2.05) is 0 Å². The first-order chi connectivity index (χ1) is 8.10. The third kappa shape index (κ3) is 3.69. The van der Waals surface area contributed by atoms with E-state index < -0.39 is 0 Å². The summed E-state index contributed by atoms with van der Waals surface area (Å²) >= 11 is 3.27. The highest BCUT2D eigenvalue weighted by Gasteiger charge is 2.17. The van der Waals surface area contributed by atoms with Gasteiger partial charge in [0.05, 0.1) is 18.8 Å². The summed E-state index contributed by atoms with van der Waals surface area (Å²) in [5, 5.41) is 17.7. The number of hydrogen-bond donors (Lipinski definition) is 3. The Morgan fingerprint density at radius 2 is 1.88 bits per heavy atom. The van der Waals surface area contributed by atoms with Crippen LogP contribution < -0.4 is 5.73 Å². The van der Waals surface area contributed by atoms with Gasteiger partial charge in [-0.15, -0.1) is 0 Å². The zero-order valence-corrected chi connectivity index (χ0v) is 10.9. The molecule has 0 saturated carbocycles. The van der Waals surface area contributed by atoms with Crippen molar-refractivity contribution in [1.29, 1.82) is 0 Å². The van der Waals surface area contributed by atoms with Crippen LogP contribution in [0.25, 0.3) is 0 Å². The standard InChI is InChI=1S/C11H15BrN2O3/c12-8-1-2-10(13)9(7-8)11(17)14(3-5-15)4-6-16/h1-2,7,15-16H,3-6,13H2. The lowest BCUT2D eigenvalue weighted by Gasteiger charge is -2.21. The number of benzene rings is 1. The third-order valence-corrected chi connectivity index (χ3v) is 2.77. The number of anilines is 1. The highest BCUT2D eigenvalue weighted by molar-refractivity contribution is 9.10. The van der Waals surface area contributed by atoms with Gasteiger partial charge in [-0.3, -0.25) is 4.79 Å². The Morgan fingerprint density at radius 1 is 1.29 bits per heavy atom. The van der Waals surface area contributed by atoms with Gasteiger partial charge in [0, 0.05) is 23.2 Å². The minimum atomic E-state index is -0.299. The summed E-state index contributed by atoms with van der Waals surface area (Å²) in [5.74, 6) is -0.299. The molecule has 0 aliphatic rings. The summed E-state index contributed by atoms with van der Waals surface area (Å²) in [7, 11) is 0. The molecule has 0 saturated heterocycles. The molecule has 0 radical (unpaired) electrons. The lowest BCUT2D eigenvalue weighted by Crippen LogP contribution is -2.36. The molecule has 4 N–H and O–H groups in total. The number of carbonyl (C=O) groups excluding carboxylic acids is 1. The number of hydrogen-bond acceptors (Lipinski definition) is 4. The van der Waals surface area contributed by atoms with E-state index in [9.17, 15) is 4.79 Å². The van der Waals surface area contributed by atoms with Gasteiger partial charge < -0.3 is 20.8 Å². The maximum absolute atomic E-state index is 12.1. The van der Waals surface area contributed by atoms with Crippen LogP contribution in [-0.2, 0) is 0 Å². The first-order valence-corrected chi connectivity index (χ1v) is 5.95. The Labute approximate surface area is 108 Å². The predicted molar refractivity (Wildman–Crippen MR) is 68.6 cm³/mol. The van der Waals surface area contributed by atoms with E-state index in [1.165, 1.54) is 4.90 Å². The Kier molecular flexibility index (Phi) is 5.40. The fourth-order valence-electron chi connectivity index (χ4n) is 1.44. The van der Waals surface area contributed by atoms with E-state index in [1.54, 1.807) is 18.2 Å². The monoisotopic (exact) mass is 302 g/mol. The van der Waals surface area contributed by atoms with E-state index in [4.69, 9.17) is 15.9 Å². The van der Waals surface area contributed by atoms with E-state index >= 15 is 0 Å². The molecule has 0 atom stereocenters. The molecule has 0 aromatic heterocycles. The van der Waals surface area contributed by atoms with Crippen LogP contribution in [0.15, 0.2) is 22.7 Å². The van der Waals surface area contributed by atoms with Crippen LogP contribution in [0.2, 0.25) is 0 Å². The molecule has 0 heterocycles. The molecule has 1 rings (SSSR count). The molecule has 0 unspecified atom stereocenters. The van der Waals surface area contributed by atoms with E-state index in [0.717, 1.165) is 4.47 Å². The van der Waals surface area contributed by atoms with Gasteiger partial charge in [0.25, 0.3) is 5.91 Å². The molecule has 0 aliphatic carbocycles. The molecule has 0 spiro atoms. The van der Waals surface area contributed by atoms with E-state index in [0.29, 0.717) is 11.3 Å². The fraction of sp³-hybridized carbons (Fsp3) is 0.364. The fourth-order valence-corrected chi connectivity index (χ4v) is 1.80. The third-order valence-electron chi connectivity index (χ3n) is 2.27. The zero-order valence-electron chi connectivity index (χ0n) is 9.27. The van der Waals surface area contributed by atoms with Crippen molar-refractivity contribution < 1.29 is 15.0 Å². The molecule has 17 heavy (non-hydrogen) atoms. The Morgan fingerprint density at radius 3 is 2.41 bits per heavy atom. The van der Waals surface area contributed by atoms with Crippen molar-refractivity contribution in [2.24, 2.45) is 0 Å². The number of rotatable bonds is 5. The Hall–Kier alpha value is -1.11. The van der Waals surface area contributed by atoms with Crippen molar-refractivity contribution in [3.8, 4) is 0 Å². The first-order valence-electron chi connectivity index (χ1n) is 5.16. The summed E-state index contributed by atoms with van der Waals surface area (Å²) in [6.07, 6.45) is 0. The minimum Gasteiger partial charge on any atom is -0.398 e. The number of amides is 1. The van der Waals surface area contributed by atoms with Gasteiger partial charge in [0.2, 0.25) is 0 Å². The number of aliphatic hydroxyl groups is 2. The molecule has 5 nitrogen and oxygen atoms in total. The molecule has 94 valence electrons. The predicted octanol–water partition coefficient (Wildman–Crippen LogP) is 0.458. The molecule has 1 aromatic rings. The van der Waals surface area contributed by atoms with Crippen molar-refractivity contribution in [3.63, 3.8) is 0 Å². The summed E-state index contributed by atoms with van der Waals surface area (Å²) in [4.78, 5) is 13.5. The number of aliphatic hydroxyl groups excluding tert-OH is 2. The molecule has 0 aliphatic heterocycles. The second kappa shape index (κ2) is 6.58. The average molecular weight is 303 g/mol. The number of nitrogens with two attached hydrogens (primary N) is 1. The summed E-state index contributed by atoms with van der Waals surface area (Å²) in [5.41, 5.74) is 6.46. The molecule has 0 fully saturated rings. The maximum atomic E-state index is 12.1. The summed E-state index contributed by atoms with van der Waals surface area (Å²) in [6.45, 7) is 0.0377. The second-order valence-electron chi connectivity index (χ2n) is 3.47. The summed E-state index contributed by atoms with van der Waals surface area (Å²) < 4.78 is 0.753. The first kappa shape index (κ1) is 14.0. The van der Waals surface area contributed by atoms with Gasteiger partial charge in [-0.25, -0.2) is 0 Å². The Bertz CT molecular complexity index is 392. The number of nitrogens with zero attached hydrogens (tertiary/aromatic N) is 1. The number of nitrogen functional groups attached to an aromatic ring is 1. The van der Waals surface area contributed by atoms with Crippen molar-refractivity contribution >= 4 is 27.5 Å². The van der Waals surface area contributed by atoms with Crippen LogP contribution in [0.1, 0.15) is 10.4 Å². The van der Waals surface area contributed by atoms with Gasteiger partial charge in [0.1, 0.15) is 0 Å². The lowest BCUT2D eigenvalue weighted by molar-refractivity contribution is 0.0686. The Balaban J connectivity index is 2.95. The SMILES string of the molecule is Nc1ccc(Br)cc1C(=O)N(CCO)CCO. The summed E-state index contributed by atoms with van der Waals surface area (Å²) in [6, 6.07) is 5.00. The van der Waals surface area contributed by atoms with Gasteiger partial charge >= 0.3 is 0 Å². The van der Waals surface area contributed by atoms with Crippen LogP contribution in [0.3, 0.4) is 0 Å². The zero-order chi connectivity index (χ0) is 12.8. The largest absolute Gasteiger partial charge is 0.398 e. The van der Waals surface area contributed by atoms with Gasteiger partial charge in [-0.2, -0.15) is 0 Å². The molecule has 1 aromatic carbocycles. The van der Waals surface area contributed by atoms with Crippen molar-refractivity contribution in [2.45, 2.75) is 0 Å². The van der Waals surface area contributed by atoms with Gasteiger partial charge in [-0.1, -0.05) is 15.9 Å². The molecule has 6 heteroatoms. The molecule has 1 amide bonds. The number of halogens is 1. The smallest absolute Gasteiger partial charge is 0.256 e. The van der Waals surface area contributed by atoms with E-state index in [-0.39, 0.29) is 32.2 Å². The molecular formula is C11H15BrN2O3. The second-order valence-corrected chi connectivity index (χ2v) is 4.39. The highest BCUT2D eigenvalue weighted by Crippen LogP contribution is 2.19. The normalized spacial score (nSPS) is 10.3. The topological polar surface area (TPSA) is 86.8 Å². The molecular weight excluding hydrogens is 288 g/mol. The highest BCUT2D eigenvalue weighted by atomic mass is 79.9. The minimum absolute atomic E-state index is 0.153. The van der Waals surface area contributed by atoms with Crippen LogP contribution in [0.4, 0.5) is 5.69 Å². The van der Waals surface area contributed by atoms with Crippen LogP contribution in [0.5, 0.6) is 0 Å². The van der Waals surface area contributed by atoms with E-state index in [2.05, 4.69) is 15.9 Å². The quantitative estimate of drug-likeness (QED) is 0.690. The van der Waals surface area contributed by atoms with Crippen LogP contribution in [0, 0.1) is 0 Å². The lowest BCUT2D eigenvalue weighted by atomic mass is 10.1. The van der Waals surface area contributed by atoms with Crippen molar-refractivity contribution in [2.75, 3.05) is 32.0 Å². The van der Waals surface area contributed by atoms with Crippen molar-refractivity contribution in [3.05, 3.63) is 28.2 Å². The van der Waals surface area contributed by atoms with Crippen molar-refractivity contribution in [1.82, 2.24) is 4.90 Å². The number of carbonyl (C=O) groups is 1. The average Bonchev–Trinajstić information content (AvgIpc) is 2.31. The van der Waals surface area contributed by atoms with Gasteiger partial charge in [0.15, 0.2) is 0 Å². The van der Waals surface area contributed by atoms with Gasteiger partial charge in [-0.05, 0) is 18.2 Å². The van der Waals surface area contributed by atoms with Crippen LogP contribution in [-0.4, -0.2) is 47.3 Å². The van der Waals surface area contributed by atoms with Crippen LogP contribution >= 0.6 is 15.9 Å².